The first-order valence-electron chi connectivity index (χ1n) is 9.58. The van der Waals surface area contributed by atoms with Crippen molar-refractivity contribution in [3.05, 3.63) is 59.0 Å². The van der Waals surface area contributed by atoms with Crippen molar-refractivity contribution in [2.45, 2.75) is 6.92 Å². The zero-order valence-electron chi connectivity index (χ0n) is 16.2. The molecule has 0 spiro atoms. The standard InChI is InChI=1S/C21H23ClN4O3/c1-15-2-4-19(29-11-8-25-6-9-28-10-7-25)17(12-15)24-21(27)18-14-26-13-16(22)3-5-20(26)23-18/h2-5,12-14H,6-11H2,1H3,(H,24,27). The fraction of sp³-hybridized carbons (Fsp3) is 0.333. The van der Waals surface area contributed by atoms with E-state index in [1.165, 1.54) is 0 Å². The molecule has 1 aliphatic rings. The van der Waals surface area contributed by atoms with Crippen LogP contribution in [0.15, 0.2) is 42.7 Å². The SMILES string of the molecule is Cc1ccc(OCCN2CCOCC2)c(NC(=O)c2cn3cc(Cl)ccc3n2)c1. The smallest absolute Gasteiger partial charge is 0.275 e. The number of hydrogen-bond acceptors (Lipinski definition) is 5. The lowest BCUT2D eigenvalue weighted by Gasteiger charge is -2.26. The monoisotopic (exact) mass is 414 g/mol. The first-order chi connectivity index (χ1) is 14.1. The molecule has 0 unspecified atom stereocenters. The van der Waals surface area contributed by atoms with E-state index >= 15 is 0 Å². The van der Waals surface area contributed by atoms with Crippen molar-refractivity contribution >= 4 is 28.8 Å². The molecule has 1 aromatic carbocycles. The Morgan fingerprint density at radius 1 is 1.24 bits per heavy atom. The van der Waals surface area contributed by atoms with Crippen molar-refractivity contribution in [1.29, 1.82) is 0 Å². The van der Waals surface area contributed by atoms with Crippen molar-refractivity contribution in [2.24, 2.45) is 0 Å². The van der Waals surface area contributed by atoms with Crippen molar-refractivity contribution < 1.29 is 14.3 Å². The van der Waals surface area contributed by atoms with Crippen LogP contribution in [0, 0.1) is 6.92 Å². The minimum atomic E-state index is -0.298. The highest BCUT2D eigenvalue weighted by Gasteiger charge is 2.15. The van der Waals surface area contributed by atoms with Gasteiger partial charge >= 0.3 is 0 Å². The van der Waals surface area contributed by atoms with Crippen LogP contribution < -0.4 is 10.1 Å². The number of fused-ring (bicyclic) bond motifs is 1. The maximum absolute atomic E-state index is 12.8. The van der Waals surface area contributed by atoms with Crippen LogP contribution in [0.2, 0.25) is 5.02 Å². The summed E-state index contributed by atoms with van der Waals surface area (Å²) in [5.41, 5.74) is 2.63. The topological polar surface area (TPSA) is 68.1 Å². The van der Waals surface area contributed by atoms with Crippen LogP contribution in [0.3, 0.4) is 0 Å². The van der Waals surface area contributed by atoms with Crippen molar-refractivity contribution in [3.63, 3.8) is 0 Å². The van der Waals surface area contributed by atoms with Gasteiger partial charge in [0.2, 0.25) is 0 Å². The fourth-order valence-electron chi connectivity index (χ4n) is 3.24. The number of carbonyl (C=O) groups is 1. The van der Waals surface area contributed by atoms with Crippen LogP contribution in [-0.2, 0) is 4.74 Å². The molecule has 29 heavy (non-hydrogen) atoms. The Hall–Kier alpha value is -2.61. The summed E-state index contributed by atoms with van der Waals surface area (Å²) in [6.07, 6.45) is 3.37. The van der Waals surface area contributed by atoms with Crippen LogP contribution >= 0.6 is 11.6 Å². The number of nitrogens with zero attached hydrogens (tertiary/aromatic N) is 3. The number of aryl methyl sites for hydroxylation is 1. The zero-order chi connectivity index (χ0) is 20.2. The number of amides is 1. The van der Waals surface area contributed by atoms with E-state index in [0.29, 0.717) is 34.4 Å². The molecule has 1 N–H and O–H groups in total. The van der Waals surface area contributed by atoms with Gasteiger partial charge in [0, 0.05) is 32.0 Å². The number of hydrogen-bond donors (Lipinski definition) is 1. The molecule has 1 aliphatic heterocycles. The van der Waals surface area contributed by atoms with Gasteiger partial charge in [0.15, 0.2) is 0 Å². The molecule has 1 saturated heterocycles. The molecule has 3 heterocycles. The summed E-state index contributed by atoms with van der Waals surface area (Å²) < 4.78 is 13.1. The highest BCUT2D eigenvalue weighted by molar-refractivity contribution is 6.30. The number of aromatic nitrogens is 2. The number of benzene rings is 1. The zero-order valence-corrected chi connectivity index (χ0v) is 17.0. The first kappa shape index (κ1) is 19.7. The molecular weight excluding hydrogens is 392 g/mol. The summed E-state index contributed by atoms with van der Waals surface area (Å²) in [5, 5.41) is 3.51. The number of anilines is 1. The Bertz CT molecular complexity index is 1010. The number of carbonyl (C=O) groups excluding carboxylic acids is 1. The molecule has 0 saturated carbocycles. The van der Waals surface area contributed by atoms with Gasteiger partial charge in [-0.25, -0.2) is 4.98 Å². The summed E-state index contributed by atoms with van der Waals surface area (Å²) in [4.78, 5) is 19.4. The summed E-state index contributed by atoms with van der Waals surface area (Å²) in [5.74, 6) is 0.345. The molecule has 0 radical (unpaired) electrons. The van der Waals surface area contributed by atoms with Gasteiger partial charge in [-0.2, -0.15) is 0 Å². The normalized spacial score (nSPS) is 14.8. The minimum absolute atomic E-state index is 0.298. The number of imidazole rings is 1. The fourth-order valence-corrected chi connectivity index (χ4v) is 3.41. The lowest BCUT2D eigenvalue weighted by Crippen LogP contribution is -2.38. The average Bonchev–Trinajstić information content (AvgIpc) is 3.14. The number of nitrogens with one attached hydrogen (secondary N) is 1. The van der Waals surface area contributed by atoms with E-state index in [1.807, 2.05) is 25.1 Å². The highest BCUT2D eigenvalue weighted by atomic mass is 35.5. The summed E-state index contributed by atoms with van der Waals surface area (Å²) in [6.45, 7) is 6.68. The van der Waals surface area contributed by atoms with E-state index in [2.05, 4.69) is 15.2 Å². The maximum Gasteiger partial charge on any atom is 0.275 e. The van der Waals surface area contributed by atoms with Gasteiger partial charge in [0.05, 0.1) is 23.9 Å². The molecule has 7 nitrogen and oxygen atoms in total. The summed E-state index contributed by atoms with van der Waals surface area (Å²) >= 11 is 6.00. The van der Waals surface area contributed by atoms with Gasteiger partial charge in [-0.3, -0.25) is 9.69 Å². The third-order valence-corrected chi connectivity index (χ3v) is 5.02. The second kappa shape index (κ2) is 8.82. The summed E-state index contributed by atoms with van der Waals surface area (Å²) in [6, 6.07) is 9.26. The van der Waals surface area contributed by atoms with Crippen LogP contribution in [0.1, 0.15) is 16.1 Å². The quantitative estimate of drug-likeness (QED) is 0.670. The minimum Gasteiger partial charge on any atom is -0.490 e. The lowest BCUT2D eigenvalue weighted by molar-refractivity contribution is 0.0323. The van der Waals surface area contributed by atoms with Gasteiger partial charge in [0.25, 0.3) is 5.91 Å². The van der Waals surface area contributed by atoms with Gasteiger partial charge in [-0.15, -0.1) is 0 Å². The van der Waals surface area contributed by atoms with Crippen molar-refractivity contribution in [2.75, 3.05) is 44.8 Å². The molecule has 3 aromatic rings. The third kappa shape index (κ3) is 4.87. The Morgan fingerprint density at radius 3 is 2.90 bits per heavy atom. The number of pyridine rings is 1. The highest BCUT2D eigenvalue weighted by Crippen LogP contribution is 2.26. The summed E-state index contributed by atoms with van der Waals surface area (Å²) in [7, 11) is 0. The molecule has 1 fully saturated rings. The van der Waals surface area contributed by atoms with Gasteiger partial charge in [-0.1, -0.05) is 17.7 Å². The Morgan fingerprint density at radius 2 is 2.07 bits per heavy atom. The van der Waals surface area contributed by atoms with E-state index in [1.54, 1.807) is 28.9 Å². The average molecular weight is 415 g/mol. The van der Waals surface area contributed by atoms with Gasteiger partial charge < -0.3 is 19.2 Å². The molecule has 2 aromatic heterocycles. The molecule has 4 rings (SSSR count). The molecule has 0 aliphatic carbocycles. The van der Waals surface area contributed by atoms with Crippen molar-refractivity contribution in [1.82, 2.24) is 14.3 Å². The Labute approximate surface area is 174 Å². The largest absolute Gasteiger partial charge is 0.490 e. The van der Waals surface area contributed by atoms with E-state index in [4.69, 9.17) is 21.1 Å². The molecule has 0 atom stereocenters. The molecule has 0 bridgehead atoms. The second-order valence-electron chi connectivity index (χ2n) is 7.00. The predicted molar refractivity (Wildman–Crippen MR) is 112 cm³/mol. The first-order valence-corrected chi connectivity index (χ1v) is 9.95. The molecule has 8 heteroatoms. The van der Waals surface area contributed by atoms with Crippen LogP contribution in [0.25, 0.3) is 5.65 Å². The third-order valence-electron chi connectivity index (χ3n) is 4.80. The Kier molecular flexibility index (Phi) is 5.99. The molecule has 1 amide bonds. The Balaban J connectivity index is 1.45. The van der Waals surface area contributed by atoms with Crippen molar-refractivity contribution in [3.8, 4) is 5.75 Å². The number of rotatable bonds is 6. The van der Waals surface area contributed by atoms with E-state index in [0.717, 1.165) is 38.4 Å². The maximum atomic E-state index is 12.8. The predicted octanol–water partition coefficient (Wildman–Crippen LogP) is 3.26. The van der Waals surface area contributed by atoms with Gasteiger partial charge in [0.1, 0.15) is 23.7 Å². The van der Waals surface area contributed by atoms with Gasteiger partial charge in [-0.05, 0) is 36.8 Å². The van der Waals surface area contributed by atoms with E-state index in [9.17, 15) is 4.79 Å². The number of ether oxygens (including phenoxy) is 2. The van der Waals surface area contributed by atoms with E-state index < -0.39 is 0 Å². The lowest BCUT2D eigenvalue weighted by atomic mass is 10.2. The van der Waals surface area contributed by atoms with E-state index in [-0.39, 0.29) is 5.91 Å². The van der Waals surface area contributed by atoms with Crippen LogP contribution in [-0.4, -0.2) is 59.6 Å². The van der Waals surface area contributed by atoms with Crippen LogP contribution in [0.5, 0.6) is 5.75 Å². The second-order valence-corrected chi connectivity index (χ2v) is 7.43. The number of morpholine rings is 1. The van der Waals surface area contributed by atoms with Crippen LogP contribution in [0.4, 0.5) is 5.69 Å². The number of halogens is 1. The molecule has 152 valence electrons. The molecular formula is C21H23ClN4O3.